The minimum absolute atomic E-state index is 0.0274. The average Bonchev–Trinajstić information content (AvgIpc) is 3.36. The Morgan fingerprint density at radius 3 is 2.94 bits per heavy atom. The lowest BCUT2D eigenvalue weighted by Crippen LogP contribution is -2.16. The van der Waals surface area contributed by atoms with Crippen LogP contribution in [0.25, 0.3) is 0 Å². The van der Waals surface area contributed by atoms with E-state index in [1.54, 1.807) is 24.7 Å². The molecule has 0 saturated heterocycles. The van der Waals surface area contributed by atoms with Crippen molar-refractivity contribution in [3.05, 3.63) is 66.0 Å². The summed E-state index contributed by atoms with van der Waals surface area (Å²) in [5, 5.41) is 20.7. The Hall–Kier alpha value is -3.26. The van der Waals surface area contributed by atoms with Crippen molar-refractivity contribution in [1.29, 1.82) is 0 Å². The molecule has 3 aromatic rings. The van der Waals surface area contributed by atoms with E-state index in [1.807, 2.05) is 35.9 Å². The van der Waals surface area contributed by atoms with Gasteiger partial charge in [-0.1, -0.05) is 19.1 Å². The number of nitrogens with zero attached hydrogens (tertiary/aromatic N) is 4. The quantitative estimate of drug-likeness (QED) is 0.608. The molecule has 1 aliphatic carbocycles. The largest absolute Gasteiger partial charge is 0.490 e. The average molecular weight is 422 g/mol. The number of hydrogen-bond donors (Lipinski definition) is 2. The smallest absolute Gasteiger partial charge is 0.274 e. The third kappa shape index (κ3) is 5.27. The second-order valence-corrected chi connectivity index (χ2v) is 8.13. The molecule has 0 bridgehead atoms. The van der Waals surface area contributed by atoms with E-state index in [2.05, 4.69) is 27.4 Å². The highest BCUT2D eigenvalue weighted by atomic mass is 16.5. The maximum Gasteiger partial charge on any atom is 0.274 e. The fraction of sp³-hybridized carbons (Fsp3) is 0.391. The Morgan fingerprint density at radius 1 is 1.32 bits per heavy atom. The lowest BCUT2D eigenvalue weighted by Gasteiger charge is -2.14. The molecule has 1 aliphatic rings. The standard InChI is InChI=1S/C23H27N5O3/c1-15(10-22-27-25-14-28(22)2)16-4-3-5-17(11-16)26-23(30)21-13-20(8-9-24-21)31-19-7-6-18(29)12-19/h3-5,8-9,11,13-15,18-19,29H,6-7,10,12H2,1-2H3,(H,26,30)/t15?,18-,19-/m0/s1. The molecular formula is C23H27N5O3. The van der Waals surface area contributed by atoms with Gasteiger partial charge in [0.15, 0.2) is 0 Å². The van der Waals surface area contributed by atoms with Crippen LogP contribution < -0.4 is 10.1 Å². The number of amides is 1. The van der Waals surface area contributed by atoms with Crippen molar-refractivity contribution in [3.63, 3.8) is 0 Å². The van der Waals surface area contributed by atoms with Crippen molar-refractivity contribution in [2.24, 2.45) is 7.05 Å². The normalized spacial score (nSPS) is 19.2. The van der Waals surface area contributed by atoms with Gasteiger partial charge in [0, 0.05) is 37.8 Å². The molecule has 3 atom stereocenters. The van der Waals surface area contributed by atoms with Gasteiger partial charge in [0.1, 0.15) is 29.7 Å². The van der Waals surface area contributed by atoms with E-state index in [1.165, 1.54) is 0 Å². The molecule has 2 N–H and O–H groups in total. The Labute approximate surface area is 181 Å². The van der Waals surface area contributed by atoms with Crippen molar-refractivity contribution in [2.75, 3.05) is 5.32 Å². The topological polar surface area (TPSA) is 102 Å². The predicted molar refractivity (Wildman–Crippen MR) is 116 cm³/mol. The van der Waals surface area contributed by atoms with Crippen molar-refractivity contribution in [1.82, 2.24) is 19.7 Å². The molecule has 1 fully saturated rings. The fourth-order valence-corrected chi connectivity index (χ4v) is 3.83. The number of carbonyl (C=O) groups is 1. The van der Waals surface area contributed by atoms with Gasteiger partial charge in [-0.15, -0.1) is 10.2 Å². The summed E-state index contributed by atoms with van der Waals surface area (Å²) < 4.78 is 7.82. The van der Waals surface area contributed by atoms with Crippen LogP contribution in [0.3, 0.4) is 0 Å². The molecule has 162 valence electrons. The lowest BCUT2D eigenvalue weighted by atomic mass is 9.97. The van der Waals surface area contributed by atoms with Crippen LogP contribution >= 0.6 is 0 Å². The molecule has 0 aliphatic heterocycles. The summed E-state index contributed by atoms with van der Waals surface area (Å²) in [6, 6.07) is 11.2. The highest BCUT2D eigenvalue weighted by Crippen LogP contribution is 2.25. The highest BCUT2D eigenvalue weighted by Gasteiger charge is 2.24. The number of aryl methyl sites for hydroxylation is 1. The number of aliphatic hydroxyl groups excluding tert-OH is 1. The van der Waals surface area contributed by atoms with Gasteiger partial charge >= 0.3 is 0 Å². The predicted octanol–water partition coefficient (Wildman–Crippen LogP) is 3.10. The minimum atomic E-state index is -0.307. The summed E-state index contributed by atoms with van der Waals surface area (Å²) in [7, 11) is 1.93. The molecule has 1 saturated carbocycles. The van der Waals surface area contributed by atoms with Crippen LogP contribution in [0.2, 0.25) is 0 Å². The Kier molecular flexibility index (Phi) is 6.27. The SMILES string of the molecule is CC(Cc1nncn1C)c1cccc(NC(=O)c2cc(O[C@H]3CC[C@H](O)C3)ccn2)c1. The number of nitrogens with one attached hydrogen (secondary N) is 1. The third-order valence-electron chi connectivity index (χ3n) is 5.63. The molecule has 4 rings (SSSR count). The first-order valence-corrected chi connectivity index (χ1v) is 10.5. The Balaban J connectivity index is 1.41. The number of aliphatic hydroxyl groups is 1. The van der Waals surface area contributed by atoms with E-state index in [0.29, 0.717) is 17.9 Å². The number of aromatic nitrogens is 4. The second-order valence-electron chi connectivity index (χ2n) is 8.13. The first-order chi connectivity index (χ1) is 15.0. The Bertz CT molecular complexity index is 1050. The molecule has 1 amide bonds. The number of rotatable bonds is 7. The molecule has 1 aromatic carbocycles. The number of ether oxygens (including phenoxy) is 1. The van der Waals surface area contributed by atoms with Crippen molar-refractivity contribution in [3.8, 4) is 5.75 Å². The van der Waals surface area contributed by atoms with E-state index in [-0.39, 0.29) is 29.7 Å². The number of benzene rings is 1. The number of carbonyl (C=O) groups excluding carboxylic acids is 1. The number of pyridine rings is 1. The van der Waals surface area contributed by atoms with Crippen LogP contribution in [0.5, 0.6) is 5.75 Å². The van der Waals surface area contributed by atoms with E-state index < -0.39 is 0 Å². The van der Waals surface area contributed by atoms with Crippen LogP contribution in [-0.4, -0.2) is 43.0 Å². The van der Waals surface area contributed by atoms with Gasteiger partial charge in [-0.3, -0.25) is 9.78 Å². The summed E-state index contributed by atoms with van der Waals surface area (Å²) in [5.74, 6) is 1.43. The summed E-state index contributed by atoms with van der Waals surface area (Å²) in [4.78, 5) is 16.9. The molecule has 8 heteroatoms. The molecule has 2 heterocycles. The molecule has 2 aromatic heterocycles. The fourth-order valence-electron chi connectivity index (χ4n) is 3.83. The summed E-state index contributed by atoms with van der Waals surface area (Å²) >= 11 is 0. The van der Waals surface area contributed by atoms with Gasteiger partial charge < -0.3 is 19.7 Å². The van der Waals surface area contributed by atoms with E-state index >= 15 is 0 Å². The first kappa shape index (κ1) is 21.0. The van der Waals surface area contributed by atoms with Crippen molar-refractivity contribution in [2.45, 2.75) is 50.7 Å². The molecule has 0 spiro atoms. The van der Waals surface area contributed by atoms with Crippen LogP contribution in [0.15, 0.2) is 48.9 Å². The second kappa shape index (κ2) is 9.26. The highest BCUT2D eigenvalue weighted by molar-refractivity contribution is 6.03. The van der Waals surface area contributed by atoms with E-state index in [4.69, 9.17) is 4.74 Å². The third-order valence-corrected chi connectivity index (χ3v) is 5.63. The summed E-state index contributed by atoms with van der Waals surface area (Å²) in [6.07, 6.45) is 5.85. The van der Waals surface area contributed by atoms with Gasteiger partial charge in [0.25, 0.3) is 5.91 Å². The lowest BCUT2D eigenvalue weighted by molar-refractivity contribution is 0.102. The monoisotopic (exact) mass is 421 g/mol. The van der Waals surface area contributed by atoms with Crippen LogP contribution in [0.4, 0.5) is 5.69 Å². The van der Waals surface area contributed by atoms with Gasteiger partial charge in [-0.25, -0.2) is 0 Å². The first-order valence-electron chi connectivity index (χ1n) is 10.5. The molecule has 31 heavy (non-hydrogen) atoms. The van der Waals surface area contributed by atoms with Crippen molar-refractivity contribution < 1.29 is 14.6 Å². The zero-order valence-electron chi connectivity index (χ0n) is 17.7. The Morgan fingerprint density at radius 2 is 2.19 bits per heavy atom. The zero-order valence-corrected chi connectivity index (χ0v) is 17.7. The minimum Gasteiger partial charge on any atom is -0.490 e. The molecule has 8 nitrogen and oxygen atoms in total. The van der Waals surface area contributed by atoms with Crippen LogP contribution in [0, 0.1) is 0 Å². The van der Waals surface area contributed by atoms with Gasteiger partial charge in [0.2, 0.25) is 0 Å². The molecule has 0 radical (unpaired) electrons. The number of hydrogen-bond acceptors (Lipinski definition) is 6. The van der Waals surface area contributed by atoms with Gasteiger partial charge in [-0.05, 0) is 42.5 Å². The van der Waals surface area contributed by atoms with E-state index in [9.17, 15) is 9.90 Å². The van der Waals surface area contributed by atoms with Gasteiger partial charge in [0.05, 0.1) is 6.10 Å². The summed E-state index contributed by atoms with van der Waals surface area (Å²) in [5.41, 5.74) is 2.10. The van der Waals surface area contributed by atoms with Crippen molar-refractivity contribution >= 4 is 11.6 Å². The summed E-state index contributed by atoms with van der Waals surface area (Å²) in [6.45, 7) is 2.12. The zero-order chi connectivity index (χ0) is 21.8. The van der Waals surface area contributed by atoms with Crippen LogP contribution in [0.1, 0.15) is 54.0 Å². The molecular weight excluding hydrogens is 394 g/mol. The number of anilines is 1. The van der Waals surface area contributed by atoms with Gasteiger partial charge in [-0.2, -0.15) is 0 Å². The van der Waals surface area contributed by atoms with E-state index in [0.717, 1.165) is 30.7 Å². The maximum atomic E-state index is 12.7. The molecule has 1 unspecified atom stereocenters. The van der Waals surface area contributed by atoms with Crippen LogP contribution in [-0.2, 0) is 13.5 Å². The maximum absolute atomic E-state index is 12.7.